The number of rotatable bonds is 4. The number of nitrogens with one attached hydrogen (secondary N) is 2. The molecule has 2 amide bonds. The summed E-state index contributed by atoms with van der Waals surface area (Å²) in [5.74, 6) is 2.65. The molecule has 8 nitrogen and oxygen atoms in total. The molecule has 0 spiro atoms. The van der Waals surface area contributed by atoms with Gasteiger partial charge in [-0.15, -0.1) is 5.10 Å². The van der Waals surface area contributed by atoms with Gasteiger partial charge >= 0.3 is 0 Å². The number of carbonyl (C=O) groups excluding carboxylic acids is 2. The van der Waals surface area contributed by atoms with Gasteiger partial charge in [0.15, 0.2) is 0 Å². The fraction of sp³-hybridized carbons (Fsp3) is 0.588. The van der Waals surface area contributed by atoms with Crippen LogP contribution in [-0.4, -0.2) is 55.0 Å². The number of fused-ring (bicyclic) bond motifs is 1. The summed E-state index contributed by atoms with van der Waals surface area (Å²) in [5.41, 5.74) is 0. The summed E-state index contributed by atoms with van der Waals surface area (Å²) in [6.45, 7) is 0. The predicted molar refractivity (Wildman–Crippen MR) is 97.9 cm³/mol. The van der Waals surface area contributed by atoms with E-state index in [2.05, 4.69) is 25.7 Å². The summed E-state index contributed by atoms with van der Waals surface area (Å²) in [6, 6.07) is 2.13. The van der Waals surface area contributed by atoms with Gasteiger partial charge in [0.1, 0.15) is 0 Å². The lowest BCUT2D eigenvalue weighted by Gasteiger charge is -2.28. The van der Waals surface area contributed by atoms with Crippen molar-refractivity contribution in [3.63, 3.8) is 0 Å². The maximum absolute atomic E-state index is 12.4. The summed E-state index contributed by atoms with van der Waals surface area (Å²) in [6.07, 6.45) is 7.60. The van der Waals surface area contributed by atoms with Crippen molar-refractivity contribution in [2.75, 3.05) is 11.5 Å². The molecule has 1 saturated heterocycles. The van der Waals surface area contributed by atoms with Crippen molar-refractivity contribution >= 4 is 29.4 Å². The molecule has 2 aromatic heterocycles. The lowest BCUT2D eigenvalue weighted by molar-refractivity contribution is -0.126. The Kier molecular flexibility index (Phi) is 5.05. The first kappa shape index (κ1) is 17.3. The highest BCUT2D eigenvalue weighted by atomic mass is 32.2. The van der Waals surface area contributed by atoms with E-state index in [1.165, 1.54) is 4.52 Å². The third kappa shape index (κ3) is 3.82. The van der Waals surface area contributed by atoms with E-state index in [0.717, 1.165) is 43.6 Å². The van der Waals surface area contributed by atoms with Gasteiger partial charge in [-0.3, -0.25) is 9.59 Å². The number of hydrogen-bond acceptors (Lipinski definition) is 6. The summed E-state index contributed by atoms with van der Waals surface area (Å²) >= 11 is 1.90. The molecule has 0 radical (unpaired) electrons. The van der Waals surface area contributed by atoms with E-state index in [1.54, 1.807) is 18.5 Å². The Morgan fingerprint density at radius 1 is 1.12 bits per heavy atom. The standard InChI is InChI=1S/C17H22N6O2S/c24-15(20-13-6-9-26-10-13)11-2-4-12(5-3-11)19-16(25)14-21-17-18-7-1-8-23(17)22-14/h1,7-8,11-13H,2-6,9-10H2,(H,19,25)(H,20,24). The van der Waals surface area contributed by atoms with Crippen LogP contribution >= 0.6 is 11.8 Å². The fourth-order valence-corrected chi connectivity index (χ4v) is 4.70. The number of amides is 2. The Morgan fingerprint density at radius 3 is 2.69 bits per heavy atom. The smallest absolute Gasteiger partial charge is 0.291 e. The lowest BCUT2D eigenvalue weighted by Crippen LogP contribution is -2.43. The molecule has 0 bridgehead atoms. The molecule has 2 N–H and O–H groups in total. The van der Waals surface area contributed by atoms with Crippen molar-refractivity contribution in [2.24, 2.45) is 5.92 Å². The molecule has 1 atom stereocenters. The van der Waals surface area contributed by atoms with Crippen molar-refractivity contribution in [1.29, 1.82) is 0 Å². The molecule has 9 heteroatoms. The van der Waals surface area contributed by atoms with Crippen LogP contribution in [0, 0.1) is 5.92 Å². The second kappa shape index (κ2) is 7.61. The first-order chi connectivity index (χ1) is 12.7. The number of thioether (sulfide) groups is 1. The monoisotopic (exact) mass is 374 g/mol. The summed E-state index contributed by atoms with van der Waals surface area (Å²) in [4.78, 5) is 32.9. The van der Waals surface area contributed by atoms with Gasteiger partial charge in [0.05, 0.1) is 0 Å². The second-order valence-corrected chi connectivity index (χ2v) is 8.04. The minimum atomic E-state index is -0.286. The maximum atomic E-state index is 12.4. The Labute approximate surface area is 155 Å². The zero-order chi connectivity index (χ0) is 17.9. The first-order valence-corrected chi connectivity index (χ1v) is 10.2. The van der Waals surface area contributed by atoms with Crippen LogP contribution in [0.1, 0.15) is 42.7 Å². The van der Waals surface area contributed by atoms with E-state index < -0.39 is 0 Å². The Bertz CT molecular complexity index is 762. The zero-order valence-electron chi connectivity index (χ0n) is 14.4. The van der Waals surface area contributed by atoms with Crippen LogP contribution in [0.5, 0.6) is 0 Å². The van der Waals surface area contributed by atoms with Crippen molar-refractivity contribution in [3.05, 3.63) is 24.3 Å². The quantitative estimate of drug-likeness (QED) is 0.829. The van der Waals surface area contributed by atoms with Crippen LogP contribution in [-0.2, 0) is 4.79 Å². The Balaban J connectivity index is 1.27. The van der Waals surface area contributed by atoms with Gasteiger partial charge in [-0.2, -0.15) is 16.7 Å². The van der Waals surface area contributed by atoms with E-state index in [-0.39, 0.29) is 29.6 Å². The SMILES string of the molecule is O=C(NC1CCC(C(=O)NC2CCSC2)CC1)c1nc2ncccn2n1. The molecule has 2 fully saturated rings. The molecule has 26 heavy (non-hydrogen) atoms. The van der Waals surface area contributed by atoms with Crippen LogP contribution in [0.25, 0.3) is 5.78 Å². The van der Waals surface area contributed by atoms with E-state index in [1.807, 2.05) is 11.8 Å². The van der Waals surface area contributed by atoms with Crippen LogP contribution in [0.4, 0.5) is 0 Å². The number of aromatic nitrogens is 4. The largest absolute Gasteiger partial charge is 0.352 e. The molecule has 138 valence electrons. The predicted octanol–water partition coefficient (Wildman–Crippen LogP) is 1.03. The van der Waals surface area contributed by atoms with E-state index in [0.29, 0.717) is 11.8 Å². The average molecular weight is 374 g/mol. The summed E-state index contributed by atoms with van der Waals surface area (Å²) < 4.78 is 1.48. The summed E-state index contributed by atoms with van der Waals surface area (Å²) in [7, 11) is 0. The molecule has 2 aliphatic rings. The minimum Gasteiger partial charge on any atom is -0.352 e. The number of carbonyl (C=O) groups is 2. The molecule has 1 unspecified atom stereocenters. The van der Waals surface area contributed by atoms with Gasteiger partial charge in [-0.25, -0.2) is 9.50 Å². The molecule has 1 aliphatic heterocycles. The molecule has 3 heterocycles. The third-order valence-corrected chi connectivity index (χ3v) is 6.19. The van der Waals surface area contributed by atoms with Gasteiger partial charge in [-0.1, -0.05) is 0 Å². The third-order valence-electron chi connectivity index (χ3n) is 5.03. The van der Waals surface area contributed by atoms with Crippen LogP contribution in [0.2, 0.25) is 0 Å². The second-order valence-electron chi connectivity index (χ2n) is 6.89. The van der Waals surface area contributed by atoms with Crippen LogP contribution in [0.3, 0.4) is 0 Å². The van der Waals surface area contributed by atoms with E-state index in [4.69, 9.17) is 0 Å². The van der Waals surface area contributed by atoms with Gasteiger partial charge in [0.2, 0.25) is 11.7 Å². The van der Waals surface area contributed by atoms with Crippen molar-refractivity contribution < 1.29 is 9.59 Å². The molecule has 4 rings (SSSR count). The van der Waals surface area contributed by atoms with Gasteiger partial charge in [0, 0.05) is 36.1 Å². The van der Waals surface area contributed by atoms with Crippen molar-refractivity contribution in [2.45, 2.75) is 44.2 Å². The molecular weight excluding hydrogens is 352 g/mol. The van der Waals surface area contributed by atoms with E-state index in [9.17, 15) is 9.59 Å². The summed E-state index contributed by atoms with van der Waals surface area (Å²) in [5, 5.41) is 10.3. The number of nitrogens with zero attached hydrogens (tertiary/aromatic N) is 4. The normalized spacial score (nSPS) is 25.9. The lowest BCUT2D eigenvalue weighted by atomic mass is 9.85. The highest BCUT2D eigenvalue weighted by Gasteiger charge is 2.29. The van der Waals surface area contributed by atoms with E-state index >= 15 is 0 Å². The van der Waals surface area contributed by atoms with Crippen LogP contribution < -0.4 is 10.6 Å². The average Bonchev–Trinajstić information content (AvgIpc) is 3.31. The Hall–Kier alpha value is -2.16. The van der Waals surface area contributed by atoms with Gasteiger partial charge in [0.25, 0.3) is 11.7 Å². The zero-order valence-corrected chi connectivity index (χ0v) is 15.2. The van der Waals surface area contributed by atoms with Crippen molar-refractivity contribution in [1.82, 2.24) is 30.2 Å². The van der Waals surface area contributed by atoms with Gasteiger partial charge < -0.3 is 10.6 Å². The number of hydrogen-bond donors (Lipinski definition) is 2. The highest BCUT2D eigenvalue weighted by Crippen LogP contribution is 2.26. The fourth-order valence-electron chi connectivity index (χ4n) is 3.55. The first-order valence-electron chi connectivity index (χ1n) is 9.05. The molecule has 1 saturated carbocycles. The van der Waals surface area contributed by atoms with Gasteiger partial charge in [-0.05, 0) is 43.9 Å². The highest BCUT2D eigenvalue weighted by molar-refractivity contribution is 7.99. The van der Waals surface area contributed by atoms with Crippen molar-refractivity contribution in [3.8, 4) is 0 Å². The topological polar surface area (TPSA) is 101 Å². The van der Waals surface area contributed by atoms with Crippen LogP contribution in [0.15, 0.2) is 18.5 Å². The molecule has 2 aromatic rings. The molecule has 0 aromatic carbocycles. The minimum absolute atomic E-state index is 0.0614. The molecule has 1 aliphatic carbocycles. The maximum Gasteiger partial charge on any atom is 0.291 e. The molecular formula is C17H22N6O2S. The Morgan fingerprint density at radius 2 is 1.96 bits per heavy atom.